The Hall–Kier alpha value is -5.45. The highest BCUT2D eigenvalue weighted by molar-refractivity contribution is 6.33. The zero-order chi connectivity index (χ0) is 40.3. The van der Waals surface area contributed by atoms with E-state index in [2.05, 4.69) is 49.2 Å². The fourth-order valence-electron chi connectivity index (χ4n) is 10.2. The molecule has 0 radical (unpaired) electrons. The first-order valence-corrected chi connectivity index (χ1v) is 20.8. The van der Waals surface area contributed by atoms with Crippen LogP contribution in [0, 0.1) is 12.0 Å². The van der Waals surface area contributed by atoms with Crippen molar-refractivity contribution in [1.29, 1.82) is 0 Å². The van der Waals surface area contributed by atoms with Gasteiger partial charge < -0.3 is 20.0 Å². The summed E-state index contributed by atoms with van der Waals surface area (Å²) in [7, 11) is 0. The van der Waals surface area contributed by atoms with Gasteiger partial charge in [-0.15, -0.1) is 0 Å². The molecule has 14 heteroatoms. The van der Waals surface area contributed by atoms with Crippen molar-refractivity contribution < 1.29 is 24.0 Å². The van der Waals surface area contributed by atoms with Crippen LogP contribution < -0.4 is 20.4 Å². The van der Waals surface area contributed by atoms with E-state index >= 15 is 0 Å². The van der Waals surface area contributed by atoms with Gasteiger partial charge in [0.25, 0.3) is 17.7 Å². The van der Waals surface area contributed by atoms with Gasteiger partial charge in [-0.3, -0.25) is 39.1 Å². The summed E-state index contributed by atoms with van der Waals surface area (Å²) in [6.45, 7) is 15.6. The minimum Gasteiger partial charge on any atom is -0.382 e. The topological polar surface area (TPSA) is 130 Å². The molecule has 5 aliphatic heterocycles. The van der Waals surface area contributed by atoms with Gasteiger partial charge in [0.15, 0.2) is 0 Å². The zero-order valence-electron chi connectivity index (χ0n) is 32.6. The molecule has 0 bridgehead atoms. The highest BCUT2D eigenvalue weighted by atomic mass is 35.5. The number of amides is 5. The molecule has 2 unspecified atom stereocenters. The van der Waals surface area contributed by atoms with Gasteiger partial charge in [-0.25, -0.2) is 4.85 Å². The van der Waals surface area contributed by atoms with E-state index < -0.39 is 29.7 Å². The zero-order valence-corrected chi connectivity index (χ0v) is 33.3. The minimum atomic E-state index is -0.983. The summed E-state index contributed by atoms with van der Waals surface area (Å²) in [6, 6.07) is 19.1. The molecule has 1 spiro atoms. The van der Waals surface area contributed by atoms with E-state index in [-0.39, 0.29) is 41.3 Å². The molecule has 3 aromatic rings. The van der Waals surface area contributed by atoms with Crippen LogP contribution in [-0.2, 0) is 9.59 Å². The lowest BCUT2D eigenvalue weighted by Gasteiger charge is -2.46. The van der Waals surface area contributed by atoms with E-state index in [1.807, 2.05) is 35.2 Å². The number of fused-ring (bicyclic) bond motifs is 1. The van der Waals surface area contributed by atoms with Crippen LogP contribution in [-0.4, -0.2) is 114 Å². The highest BCUT2D eigenvalue weighted by Crippen LogP contribution is 2.48. The van der Waals surface area contributed by atoms with Gasteiger partial charge in [0, 0.05) is 98.0 Å². The molecule has 58 heavy (non-hydrogen) atoms. The number of piperazine rings is 1. The van der Waals surface area contributed by atoms with Gasteiger partial charge in [-0.1, -0.05) is 17.7 Å². The number of rotatable bonds is 7. The monoisotopic (exact) mass is 802 g/mol. The van der Waals surface area contributed by atoms with Gasteiger partial charge >= 0.3 is 0 Å². The van der Waals surface area contributed by atoms with E-state index in [1.54, 1.807) is 18.2 Å². The Kier molecular flexibility index (Phi) is 9.88. The quantitative estimate of drug-likeness (QED) is 0.233. The Labute approximate surface area is 343 Å². The summed E-state index contributed by atoms with van der Waals surface area (Å²) >= 11 is 6.38. The molecule has 300 valence electrons. The minimum absolute atomic E-state index is 0.0714. The predicted octanol–water partition coefficient (Wildman–Crippen LogP) is 5.58. The smallest absolute Gasteiger partial charge is 0.262 e. The predicted molar refractivity (Wildman–Crippen MR) is 220 cm³/mol. The number of benzene rings is 3. The van der Waals surface area contributed by atoms with Crippen LogP contribution in [0.15, 0.2) is 60.7 Å². The van der Waals surface area contributed by atoms with E-state index in [9.17, 15) is 24.0 Å². The third-order valence-corrected chi connectivity index (χ3v) is 14.2. The van der Waals surface area contributed by atoms with Crippen LogP contribution in [0.3, 0.4) is 0 Å². The average molecular weight is 803 g/mol. The summed E-state index contributed by atoms with van der Waals surface area (Å²) in [6.07, 6.45) is 5.42. The lowest BCUT2D eigenvalue weighted by atomic mass is 9.73. The van der Waals surface area contributed by atoms with E-state index in [4.69, 9.17) is 18.2 Å². The van der Waals surface area contributed by atoms with Crippen molar-refractivity contribution in [3.8, 4) is 0 Å². The van der Waals surface area contributed by atoms with Crippen LogP contribution in [0.25, 0.3) is 4.85 Å². The molecule has 9 rings (SSSR count). The first kappa shape index (κ1) is 38.1. The molecule has 0 aromatic heterocycles. The number of halogens is 1. The van der Waals surface area contributed by atoms with Crippen molar-refractivity contribution in [3.05, 3.63) is 93.8 Å². The number of hydrogen-bond donors (Lipinski definition) is 2. The molecule has 6 aliphatic rings. The molecule has 5 heterocycles. The maximum Gasteiger partial charge on any atom is 0.262 e. The summed E-state index contributed by atoms with van der Waals surface area (Å²) in [5.41, 5.74) is 4.99. The van der Waals surface area contributed by atoms with Crippen LogP contribution in [0.4, 0.5) is 22.7 Å². The summed E-state index contributed by atoms with van der Waals surface area (Å²) < 4.78 is 0. The lowest BCUT2D eigenvalue weighted by Crippen LogP contribution is -2.57. The third-order valence-electron chi connectivity index (χ3n) is 13.9. The number of hydrogen-bond acceptors (Lipinski definition) is 9. The van der Waals surface area contributed by atoms with Crippen molar-refractivity contribution in [2.24, 2.45) is 5.41 Å². The Morgan fingerprint density at radius 2 is 1.53 bits per heavy atom. The first-order chi connectivity index (χ1) is 28.0. The van der Waals surface area contributed by atoms with Crippen molar-refractivity contribution in [2.45, 2.75) is 76.0 Å². The summed E-state index contributed by atoms with van der Waals surface area (Å²) in [5.74, 6) is -1.96. The van der Waals surface area contributed by atoms with Crippen molar-refractivity contribution in [3.63, 3.8) is 0 Å². The number of nitrogens with one attached hydrogen (secondary N) is 2. The van der Waals surface area contributed by atoms with Gasteiger partial charge in [-0.2, -0.15) is 0 Å². The van der Waals surface area contributed by atoms with Crippen LogP contribution in [0.5, 0.6) is 0 Å². The standard InChI is InChI=1S/C44H47ClN8O5/c1-27-44(15-18-52(27)32-8-10-37(46-2)36(45)26-32)13-16-49(17-14-44)31-6-3-28(4-7-31)41(56)51-21-19-50(20-22-51)33-23-30(24-33)47-29-5-9-34-35(25-29)43(58)53(42(34)57)38-11-12-39(54)48-40(38)55/h3-10,25-27,30,33,38,47H,11-24H2,1H3,(H,48,54,55). The second-order valence-electron chi connectivity index (χ2n) is 16.8. The maximum absolute atomic E-state index is 13.6. The number of imide groups is 2. The number of nitrogens with zero attached hydrogens (tertiary/aromatic N) is 6. The van der Waals surface area contributed by atoms with Crippen LogP contribution in [0.2, 0.25) is 5.02 Å². The maximum atomic E-state index is 13.6. The molecule has 4 saturated heterocycles. The average Bonchev–Trinajstić information content (AvgIpc) is 3.66. The second kappa shape index (κ2) is 15.1. The molecule has 2 atom stereocenters. The number of carbonyl (C=O) groups excluding carboxylic acids is 5. The molecular formula is C44H47ClN8O5. The molecule has 3 aromatic carbocycles. The lowest BCUT2D eigenvalue weighted by molar-refractivity contribution is -0.136. The summed E-state index contributed by atoms with van der Waals surface area (Å²) in [4.78, 5) is 77.6. The molecule has 1 aliphatic carbocycles. The van der Waals surface area contributed by atoms with Gasteiger partial charge in [0.1, 0.15) is 6.04 Å². The van der Waals surface area contributed by atoms with Crippen LogP contribution in [0.1, 0.15) is 82.9 Å². The second-order valence-corrected chi connectivity index (χ2v) is 17.2. The third kappa shape index (κ3) is 6.75. The normalized spacial score (nSPS) is 25.7. The fourth-order valence-corrected chi connectivity index (χ4v) is 10.4. The Balaban J connectivity index is 0.724. The molecule has 1 saturated carbocycles. The number of piperidine rings is 2. The molecule has 5 amide bonds. The molecule has 13 nitrogen and oxygen atoms in total. The number of anilines is 3. The van der Waals surface area contributed by atoms with Crippen molar-refractivity contribution >= 4 is 63.9 Å². The van der Waals surface area contributed by atoms with Crippen molar-refractivity contribution in [2.75, 3.05) is 60.9 Å². The van der Waals surface area contributed by atoms with E-state index in [0.29, 0.717) is 35.9 Å². The Morgan fingerprint density at radius 3 is 2.22 bits per heavy atom. The molecular weight excluding hydrogens is 756 g/mol. The number of carbonyl (C=O) groups is 5. The van der Waals surface area contributed by atoms with Crippen molar-refractivity contribution in [1.82, 2.24) is 20.0 Å². The van der Waals surface area contributed by atoms with E-state index in [0.717, 1.165) is 92.4 Å². The SMILES string of the molecule is [C-]#[N+]c1ccc(N2CCC3(CCN(c4ccc(C(=O)N5CCN(C6CC(Nc7ccc8c(c7)C(=O)N(C7CCC(=O)NC7=O)C8=O)C6)CC5)cc4)CC3)C2C)cc1Cl. The van der Waals surface area contributed by atoms with Gasteiger partial charge in [0.2, 0.25) is 17.5 Å². The highest BCUT2D eigenvalue weighted by Gasteiger charge is 2.47. The largest absolute Gasteiger partial charge is 0.382 e. The first-order valence-electron chi connectivity index (χ1n) is 20.5. The van der Waals surface area contributed by atoms with Gasteiger partial charge in [-0.05, 0) is 105 Å². The Bertz CT molecular complexity index is 2220. The molecule has 5 fully saturated rings. The molecule has 2 N–H and O–H groups in total. The van der Waals surface area contributed by atoms with Crippen LogP contribution >= 0.6 is 11.6 Å². The van der Waals surface area contributed by atoms with Gasteiger partial charge in [0.05, 0.1) is 17.7 Å². The Morgan fingerprint density at radius 1 is 0.845 bits per heavy atom. The summed E-state index contributed by atoms with van der Waals surface area (Å²) in [5, 5.41) is 6.25. The van der Waals surface area contributed by atoms with E-state index in [1.165, 1.54) is 0 Å². The fraction of sp³-hybridized carbons (Fsp3) is 0.455.